The molecule has 0 unspecified atom stereocenters. The number of nitrogens with zero attached hydrogens (tertiary/aromatic N) is 2. The Bertz CT molecular complexity index is 1250. The van der Waals surface area contributed by atoms with Gasteiger partial charge >= 0.3 is 0 Å². The third kappa shape index (κ3) is 5.87. The van der Waals surface area contributed by atoms with Crippen molar-refractivity contribution in [3.05, 3.63) is 59.7 Å². The van der Waals surface area contributed by atoms with Crippen LogP contribution in [0.3, 0.4) is 0 Å². The summed E-state index contributed by atoms with van der Waals surface area (Å²) in [5.41, 5.74) is 0.341. The smallest absolute Gasteiger partial charge is 0.269 e. The largest absolute Gasteiger partial charge is 0.497 e. The first-order chi connectivity index (χ1) is 16.9. The lowest BCUT2D eigenvalue weighted by Crippen LogP contribution is -2.53. The van der Waals surface area contributed by atoms with E-state index in [0.29, 0.717) is 12.2 Å². The summed E-state index contributed by atoms with van der Waals surface area (Å²) in [5, 5.41) is 2.93. The van der Waals surface area contributed by atoms with Gasteiger partial charge in [0.15, 0.2) is 0 Å². The Morgan fingerprint density at radius 3 is 2.42 bits per heavy atom. The molecular formula is C26H33N3O6S. The van der Waals surface area contributed by atoms with E-state index >= 15 is 0 Å². The molecule has 3 rings (SSSR count). The molecule has 1 atom stereocenters. The fourth-order valence-electron chi connectivity index (χ4n) is 4.13. The van der Waals surface area contributed by atoms with Gasteiger partial charge < -0.3 is 15.0 Å². The topological polar surface area (TPSA) is 113 Å². The molecule has 0 radical (unpaired) electrons. The van der Waals surface area contributed by atoms with Crippen molar-refractivity contribution in [1.29, 1.82) is 0 Å². The van der Waals surface area contributed by atoms with E-state index in [2.05, 4.69) is 5.32 Å². The molecule has 1 aliphatic heterocycles. The highest BCUT2D eigenvalue weighted by molar-refractivity contribution is 7.90. The van der Waals surface area contributed by atoms with Crippen LogP contribution in [0.15, 0.2) is 53.4 Å². The highest BCUT2D eigenvalue weighted by Gasteiger charge is 2.41. The van der Waals surface area contributed by atoms with E-state index in [1.54, 1.807) is 37.4 Å². The minimum absolute atomic E-state index is 0.0633. The molecule has 0 aliphatic carbocycles. The Morgan fingerprint density at radius 2 is 1.81 bits per heavy atom. The summed E-state index contributed by atoms with van der Waals surface area (Å²) in [6.07, 6.45) is 0.0895. The van der Waals surface area contributed by atoms with E-state index in [1.165, 1.54) is 17.0 Å². The van der Waals surface area contributed by atoms with Crippen LogP contribution < -0.4 is 10.1 Å². The molecule has 0 spiro atoms. The first-order valence-corrected chi connectivity index (χ1v) is 13.2. The second-order valence-electron chi connectivity index (χ2n) is 9.66. The molecule has 1 aliphatic rings. The minimum atomic E-state index is -4.03. The molecule has 36 heavy (non-hydrogen) atoms. The molecule has 0 aromatic heterocycles. The summed E-state index contributed by atoms with van der Waals surface area (Å²) in [5.74, 6) is -0.792. The molecule has 10 heteroatoms. The van der Waals surface area contributed by atoms with E-state index in [4.69, 9.17) is 4.74 Å². The first-order valence-electron chi connectivity index (χ1n) is 11.8. The van der Waals surface area contributed by atoms with Gasteiger partial charge in [0, 0.05) is 25.0 Å². The zero-order chi connectivity index (χ0) is 26.7. The van der Waals surface area contributed by atoms with E-state index < -0.39 is 33.4 Å². The van der Waals surface area contributed by atoms with Crippen LogP contribution in [0, 0.1) is 0 Å². The third-order valence-corrected chi connectivity index (χ3v) is 7.65. The van der Waals surface area contributed by atoms with Crippen LogP contribution >= 0.6 is 0 Å². The number of hydrogen-bond acceptors (Lipinski definition) is 6. The van der Waals surface area contributed by atoms with Gasteiger partial charge in [-0.25, -0.2) is 12.7 Å². The predicted octanol–water partition coefficient (Wildman–Crippen LogP) is 2.95. The fraction of sp³-hybridized carbons (Fsp3) is 0.423. The Balaban J connectivity index is 1.86. The van der Waals surface area contributed by atoms with Crippen molar-refractivity contribution in [3.8, 4) is 5.75 Å². The predicted molar refractivity (Wildman–Crippen MR) is 135 cm³/mol. The number of amides is 3. The summed E-state index contributed by atoms with van der Waals surface area (Å²) in [4.78, 5) is 40.8. The average molecular weight is 516 g/mol. The number of rotatable bonds is 9. The number of methoxy groups -OCH3 is 1. The lowest BCUT2D eigenvalue weighted by molar-refractivity contribution is -0.142. The van der Waals surface area contributed by atoms with Crippen LogP contribution in [0.4, 0.5) is 0 Å². The SMILES string of the molecule is CC[C@H](C(=O)NC(C)(C)C)N(Cc1cccc(OC)c1)C(=O)CCN1C(=O)c2ccccc2S1(=O)=O. The molecular weight excluding hydrogens is 482 g/mol. The van der Waals surface area contributed by atoms with Crippen molar-refractivity contribution in [2.45, 2.75) is 63.6 Å². The molecule has 0 saturated carbocycles. The van der Waals surface area contributed by atoms with E-state index in [0.717, 1.165) is 9.87 Å². The van der Waals surface area contributed by atoms with Crippen molar-refractivity contribution < 1.29 is 27.5 Å². The number of ether oxygens (including phenoxy) is 1. The van der Waals surface area contributed by atoms with E-state index in [9.17, 15) is 22.8 Å². The first kappa shape index (κ1) is 27.2. The van der Waals surface area contributed by atoms with E-state index in [1.807, 2.05) is 33.8 Å². The number of benzene rings is 2. The number of sulfonamides is 1. The zero-order valence-electron chi connectivity index (χ0n) is 21.3. The summed E-state index contributed by atoms with van der Waals surface area (Å²) in [6.45, 7) is 7.17. The summed E-state index contributed by atoms with van der Waals surface area (Å²) < 4.78 is 31.8. The monoisotopic (exact) mass is 515 g/mol. The molecule has 0 bridgehead atoms. The van der Waals surface area contributed by atoms with Gasteiger partial charge in [0.05, 0.1) is 12.7 Å². The second kappa shape index (κ2) is 10.7. The maximum Gasteiger partial charge on any atom is 0.269 e. The number of carbonyl (C=O) groups is 3. The molecule has 2 aromatic rings. The van der Waals surface area contributed by atoms with Crippen LogP contribution in [0.2, 0.25) is 0 Å². The van der Waals surface area contributed by atoms with Crippen molar-refractivity contribution in [2.24, 2.45) is 0 Å². The molecule has 3 amide bonds. The average Bonchev–Trinajstić information content (AvgIpc) is 3.01. The van der Waals surface area contributed by atoms with Crippen LogP contribution in [0.5, 0.6) is 5.75 Å². The van der Waals surface area contributed by atoms with Gasteiger partial charge in [-0.1, -0.05) is 31.2 Å². The standard InChI is InChI=1S/C26H33N3O6S/c1-6-21(24(31)27-26(2,3)4)28(17-18-10-9-11-19(16-18)35-5)23(30)14-15-29-25(32)20-12-7-8-13-22(20)36(29,33)34/h7-13,16,21H,6,14-15,17H2,1-5H3,(H,27,31)/t21-/m1/s1. The number of nitrogens with one attached hydrogen (secondary N) is 1. The van der Waals surface area contributed by atoms with Gasteiger partial charge in [0.1, 0.15) is 16.7 Å². The molecule has 2 aromatic carbocycles. The Kier molecular flexibility index (Phi) is 8.08. The molecule has 194 valence electrons. The molecule has 0 saturated heterocycles. The maximum absolute atomic E-state index is 13.5. The Morgan fingerprint density at radius 1 is 1.11 bits per heavy atom. The van der Waals surface area contributed by atoms with Crippen molar-refractivity contribution in [1.82, 2.24) is 14.5 Å². The van der Waals surface area contributed by atoms with Gasteiger partial charge in [-0.05, 0) is 57.0 Å². The summed E-state index contributed by atoms with van der Waals surface area (Å²) in [6, 6.07) is 12.4. The van der Waals surface area contributed by atoms with Crippen molar-refractivity contribution >= 4 is 27.7 Å². The molecule has 1 heterocycles. The van der Waals surface area contributed by atoms with Gasteiger partial charge in [-0.2, -0.15) is 0 Å². The van der Waals surface area contributed by atoms with Crippen molar-refractivity contribution in [3.63, 3.8) is 0 Å². The molecule has 1 N–H and O–H groups in total. The zero-order valence-corrected chi connectivity index (χ0v) is 22.1. The van der Waals surface area contributed by atoms with Crippen LogP contribution in [-0.4, -0.2) is 60.6 Å². The molecule has 9 nitrogen and oxygen atoms in total. The maximum atomic E-state index is 13.5. The van der Waals surface area contributed by atoms with Crippen LogP contribution in [0.1, 0.15) is 56.5 Å². The van der Waals surface area contributed by atoms with Crippen molar-refractivity contribution in [2.75, 3.05) is 13.7 Å². The number of fused-ring (bicyclic) bond motifs is 1. The van der Waals surface area contributed by atoms with Gasteiger partial charge in [-0.3, -0.25) is 14.4 Å². The number of carbonyl (C=O) groups excluding carboxylic acids is 3. The van der Waals surface area contributed by atoms with Gasteiger partial charge in [-0.15, -0.1) is 0 Å². The van der Waals surface area contributed by atoms with E-state index in [-0.39, 0.29) is 35.9 Å². The Labute approximate surface area is 212 Å². The highest BCUT2D eigenvalue weighted by Crippen LogP contribution is 2.30. The summed E-state index contributed by atoms with van der Waals surface area (Å²) in [7, 11) is -2.49. The lowest BCUT2D eigenvalue weighted by Gasteiger charge is -2.33. The Hall–Kier alpha value is -3.40. The third-order valence-electron chi connectivity index (χ3n) is 5.81. The minimum Gasteiger partial charge on any atom is -0.497 e. The van der Waals surface area contributed by atoms with Gasteiger partial charge in [0.25, 0.3) is 15.9 Å². The quantitative estimate of drug-likeness (QED) is 0.549. The lowest BCUT2D eigenvalue weighted by atomic mass is 10.1. The number of hydrogen-bond donors (Lipinski definition) is 1. The van der Waals surface area contributed by atoms with Crippen LogP contribution in [-0.2, 0) is 26.2 Å². The molecule has 0 fully saturated rings. The van der Waals surface area contributed by atoms with Gasteiger partial charge in [0.2, 0.25) is 11.8 Å². The summed E-state index contributed by atoms with van der Waals surface area (Å²) >= 11 is 0. The normalized spacial score (nSPS) is 15.2. The second-order valence-corrected chi connectivity index (χ2v) is 11.5. The fourth-order valence-corrected chi connectivity index (χ4v) is 5.70. The van der Waals surface area contributed by atoms with Crippen LogP contribution in [0.25, 0.3) is 0 Å². The highest BCUT2D eigenvalue weighted by atomic mass is 32.2.